The van der Waals surface area contributed by atoms with Gasteiger partial charge in [0.2, 0.25) is 5.91 Å². The lowest BCUT2D eigenvalue weighted by Gasteiger charge is -2.45. The van der Waals surface area contributed by atoms with Crippen molar-refractivity contribution in [2.24, 2.45) is 0 Å². The van der Waals surface area contributed by atoms with Crippen molar-refractivity contribution in [3.05, 3.63) is 82.4 Å². The molecule has 5 rings (SSSR count). The zero-order valence-electron chi connectivity index (χ0n) is 22.1. The Bertz CT molecular complexity index is 1370. The van der Waals surface area contributed by atoms with Gasteiger partial charge in [-0.1, -0.05) is 30.3 Å². The minimum atomic E-state index is -0.602. The molecule has 2 aliphatic rings. The van der Waals surface area contributed by atoms with Crippen molar-refractivity contribution in [2.75, 3.05) is 41.5 Å². The number of rotatable bonds is 8. The van der Waals surface area contributed by atoms with Crippen LogP contribution in [-0.2, 0) is 17.6 Å². The summed E-state index contributed by atoms with van der Waals surface area (Å²) in [6.07, 6.45) is 1.36. The largest absolute Gasteiger partial charge is 0.493 e. The van der Waals surface area contributed by atoms with Crippen LogP contribution < -0.4 is 24.3 Å². The molecule has 0 unspecified atom stereocenters. The second kappa shape index (κ2) is 10.7. The number of nitrogens with zero attached hydrogens (tertiary/aromatic N) is 1. The predicted octanol–water partition coefficient (Wildman–Crippen LogP) is 3.92. The summed E-state index contributed by atoms with van der Waals surface area (Å²) in [4.78, 5) is 29.4. The minimum Gasteiger partial charge on any atom is -0.493 e. The predicted molar refractivity (Wildman–Crippen MR) is 142 cm³/mol. The maximum atomic E-state index is 13.9. The van der Waals surface area contributed by atoms with Gasteiger partial charge in [0.1, 0.15) is 0 Å². The number of ether oxygens (including phenoxy) is 4. The number of carbonyl (C=O) groups is 2. The van der Waals surface area contributed by atoms with Gasteiger partial charge in [0.25, 0.3) is 5.91 Å². The van der Waals surface area contributed by atoms with Gasteiger partial charge in [0, 0.05) is 18.7 Å². The summed E-state index contributed by atoms with van der Waals surface area (Å²) in [6, 6.07) is 16.9. The monoisotopic (exact) mass is 516 g/mol. The molecule has 0 bridgehead atoms. The fraction of sp³-hybridized carbons (Fsp3) is 0.333. The molecule has 8 nitrogen and oxygen atoms in total. The molecule has 2 heterocycles. The maximum absolute atomic E-state index is 13.9. The molecular formula is C30H32N2O6. The second-order valence-electron chi connectivity index (χ2n) is 9.39. The van der Waals surface area contributed by atoms with Crippen molar-refractivity contribution in [1.29, 1.82) is 0 Å². The van der Waals surface area contributed by atoms with Crippen LogP contribution >= 0.6 is 0 Å². The topological polar surface area (TPSA) is 86.3 Å². The first-order valence-corrected chi connectivity index (χ1v) is 12.6. The van der Waals surface area contributed by atoms with Crippen LogP contribution in [0.1, 0.15) is 44.6 Å². The lowest BCUT2D eigenvalue weighted by molar-refractivity contribution is -0.124. The summed E-state index contributed by atoms with van der Waals surface area (Å²) in [5.74, 6) is 1.40. The van der Waals surface area contributed by atoms with Gasteiger partial charge in [0.05, 0.1) is 40.4 Å². The van der Waals surface area contributed by atoms with Crippen LogP contribution in [0.2, 0.25) is 0 Å². The van der Waals surface area contributed by atoms with Crippen molar-refractivity contribution in [3.8, 4) is 23.0 Å². The van der Waals surface area contributed by atoms with E-state index in [0.29, 0.717) is 53.6 Å². The third-order valence-electron chi connectivity index (χ3n) is 7.47. The molecular weight excluding hydrogens is 484 g/mol. The van der Waals surface area contributed by atoms with E-state index in [9.17, 15) is 9.59 Å². The molecule has 0 saturated carbocycles. The Morgan fingerprint density at radius 3 is 2.29 bits per heavy atom. The molecule has 2 atom stereocenters. The van der Waals surface area contributed by atoms with Gasteiger partial charge in [-0.05, 0) is 59.4 Å². The van der Waals surface area contributed by atoms with Gasteiger partial charge in [0.15, 0.2) is 23.0 Å². The van der Waals surface area contributed by atoms with Crippen molar-refractivity contribution in [1.82, 2.24) is 10.2 Å². The Labute approximate surface area is 222 Å². The van der Waals surface area contributed by atoms with Gasteiger partial charge < -0.3 is 29.2 Å². The molecule has 2 amide bonds. The van der Waals surface area contributed by atoms with E-state index in [1.54, 1.807) is 33.5 Å². The lowest BCUT2D eigenvalue weighted by atomic mass is 9.75. The van der Waals surface area contributed by atoms with E-state index in [2.05, 4.69) is 11.4 Å². The molecule has 38 heavy (non-hydrogen) atoms. The van der Waals surface area contributed by atoms with Gasteiger partial charge in [-0.3, -0.25) is 9.59 Å². The Balaban J connectivity index is 1.49. The van der Waals surface area contributed by atoms with Gasteiger partial charge >= 0.3 is 0 Å². The Morgan fingerprint density at radius 1 is 0.868 bits per heavy atom. The Kier molecular flexibility index (Phi) is 7.13. The highest BCUT2D eigenvalue weighted by atomic mass is 16.5. The first kappa shape index (κ1) is 25.4. The lowest BCUT2D eigenvalue weighted by Crippen LogP contribution is -2.50. The molecule has 3 aromatic rings. The van der Waals surface area contributed by atoms with Crippen LogP contribution in [0.25, 0.3) is 0 Å². The van der Waals surface area contributed by atoms with E-state index in [0.717, 1.165) is 23.1 Å². The minimum absolute atomic E-state index is 0.102. The molecule has 0 saturated heterocycles. The van der Waals surface area contributed by atoms with E-state index in [-0.39, 0.29) is 11.8 Å². The summed E-state index contributed by atoms with van der Waals surface area (Å²) in [7, 11) is 6.29. The molecule has 8 heteroatoms. The molecule has 2 aliphatic heterocycles. The Hall–Kier alpha value is -4.20. The van der Waals surface area contributed by atoms with Crippen molar-refractivity contribution in [2.45, 2.75) is 24.8 Å². The molecule has 0 aliphatic carbocycles. The number of hydrogen-bond acceptors (Lipinski definition) is 6. The van der Waals surface area contributed by atoms with Crippen LogP contribution in [0.5, 0.6) is 23.0 Å². The molecule has 3 aromatic carbocycles. The molecule has 0 aromatic heterocycles. The van der Waals surface area contributed by atoms with Crippen LogP contribution in [0, 0.1) is 0 Å². The molecule has 198 valence electrons. The summed E-state index contributed by atoms with van der Waals surface area (Å²) in [6.45, 7) is 0.972. The SMILES string of the molecule is COc1ccc(CCNC(=O)[C@@H]2c3cc(OC)c(OC)cc3C(=O)N3CCc4ccccc4[C@H]23)cc1OC. The van der Waals surface area contributed by atoms with E-state index in [1.165, 1.54) is 7.11 Å². The molecule has 0 radical (unpaired) electrons. The third-order valence-corrected chi connectivity index (χ3v) is 7.47. The van der Waals surface area contributed by atoms with E-state index in [1.807, 2.05) is 41.3 Å². The van der Waals surface area contributed by atoms with E-state index < -0.39 is 12.0 Å². The fourth-order valence-electron chi connectivity index (χ4n) is 5.61. The standard InChI is InChI=1S/C30H32N2O6/c1-35-23-10-9-18(15-24(23)36-2)11-13-31-29(33)27-21-16-25(37-3)26(38-4)17-22(21)30(34)32-14-12-19-7-5-6-8-20(19)28(27)32/h5-10,15-17,27-28H,11-14H2,1-4H3,(H,31,33)/t27-,28-/m1/s1. The highest BCUT2D eigenvalue weighted by molar-refractivity contribution is 6.02. The number of methoxy groups -OCH3 is 4. The van der Waals surface area contributed by atoms with E-state index >= 15 is 0 Å². The zero-order chi connectivity index (χ0) is 26.8. The highest BCUT2D eigenvalue weighted by Gasteiger charge is 2.46. The van der Waals surface area contributed by atoms with Crippen molar-refractivity contribution in [3.63, 3.8) is 0 Å². The average molecular weight is 517 g/mol. The summed E-state index contributed by atoms with van der Waals surface area (Å²) >= 11 is 0. The van der Waals surface area contributed by atoms with Crippen molar-refractivity contribution < 1.29 is 28.5 Å². The van der Waals surface area contributed by atoms with Crippen LogP contribution in [0.3, 0.4) is 0 Å². The number of fused-ring (bicyclic) bond motifs is 4. The number of benzene rings is 3. The Morgan fingerprint density at radius 2 is 1.55 bits per heavy atom. The third kappa shape index (κ3) is 4.40. The normalized spacial score (nSPS) is 17.6. The first-order valence-electron chi connectivity index (χ1n) is 12.6. The first-order chi connectivity index (χ1) is 18.5. The molecule has 0 spiro atoms. The summed E-state index contributed by atoms with van der Waals surface area (Å²) in [5, 5.41) is 3.13. The molecule has 1 N–H and O–H groups in total. The van der Waals surface area contributed by atoms with Crippen LogP contribution in [-0.4, -0.2) is 58.2 Å². The summed E-state index contributed by atoms with van der Waals surface area (Å²) in [5.41, 5.74) is 4.30. The summed E-state index contributed by atoms with van der Waals surface area (Å²) < 4.78 is 21.8. The van der Waals surface area contributed by atoms with Crippen molar-refractivity contribution >= 4 is 11.8 Å². The van der Waals surface area contributed by atoms with Gasteiger partial charge in [-0.15, -0.1) is 0 Å². The number of nitrogens with one attached hydrogen (secondary N) is 1. The second-order valence-corrected chi connectivity index (χ2v) is 9.39. The molecule has 0 fully saturated rings. The number of carbonyl (C=O) groups excluding carboxylic acids is 2. The highest BCUT2D eigenvalue weighted by Crippen LogP contribution is 2.48. The fourth-order valence-corrected chi connectivity index (χ4v) is 5.61. The average Bonchev–Trinajstić information content (AvgIpc) is 2.96. The van der Waals surface area contributed by atoms with Crippen LogP contribution in [0.4, 0.5) is 0 Å². The van der Waals surface area contributed by atoms with Crippen LogP contribution in [0.15, 0.2) is 54.6 Å². The quantitative estimate of drug-likeness (QED) is 0.489. The number of hydrogen-bond donors (Lipinski definition) is 1. The number of amides is 2. The maximum Gasteiger partial charge on any atom is 0.254 e. The van der Waals surface area contributed by atoms with Gasteiger partial charge in [-0.2, -0.15) is 0 Å². The smallest absolute Gasteiger partial charge is 0.254 e. The van der Waals surface area contributed by atoms with Gasteiger partial charge in [-0.25, -0.2) is 0 Å². The van der Waals surface area contributed by atoms with E-state index in [4.69, 9.17) is 18.9 Å². The zero-order valence-corrected chi connectivity index (χ0v) is 22.1.